The Morgan fingerprint density at radius 2 is 2.25 bits per heavy atom. The Labute approximate surface area is 73.5 Å². The Bertz CT molecular complexity index is 317. The number of nitrogens with two attached hydrogens (primary N) is 1. The molecular weight excluding hydrogens is 185 g/mol. The molecule has 0 saturated heterocycles. The highest BCUT2D eigenvalue weighted by Crippen LogP contribution is 2.36. The molecule has 0 bridgehead atoms. The first kappa shape index (κ1) is 8.93. The maximum absolute atomic E-state index is 12.9. The van der Waals surface area contributed by atoms with Crippen LogP contribution >= 0.6 is 11.6 Å². The second-order valence-corrected chi connectivity index (χ2v) is 2.52. The molecule has 0 amide bonds. The van der Waals surface area contributed by atoms with Crippen LogP contribution in [0.25, 0.3) is 0 Å². The lowest BCUT2D eigenvalue weighted by Gasteiger charge is -2.06. The Morgan fingerprint density at radius 1 is 1.67 bits per heavy atom. The fourth-order valence-corrected chi connectivity index (χ4v) is 0.986. The van der Waals surface area contributed by atoms with E-state index in [2.05, 4.69) is 4.74 Å². The minimum atomic E-state index is -0.867. The van der Waals surface area contributed by atoms with Crippen molar-refractivity contribution in [2.75, 3.05) is 12.8 Å². The molecule has 0 aliphatic rings. The summed E-state index contributed by atoms with van der Waals surface area (Å²) in [5.74, 6) is -1.19. The molecule has 0 aliphatic heterocycles. The van der Waals surface area contributed by atoms with Crippen molar-refractivity contribution in [2.45, 2.75) is 0 Å². The summed E-state index contributed by atoms with van der Waals surface area (Å²) in [6, 6.07) is 1.15. The Kier molecular flexibility index (Phi) is 2.28. The van der Waals surface area contributed by atoms with Crippen LogP contribution in [0.2, 0.25) is 5.02 Å². The second kappa shape index (κ2) is 3.06. The van der Waals surface area contributed by atoms with E-state index < -0.39 is 5.82 Å². The number of anilines is 1. The summed E-state index contributed by atoms with van der Waals surface area (Å²) in [4.78, 5) is 0. The second-order valence-electron chi connectivity index (χ2n) is 2.14. The van der Waals surface area contributed by atoms with Gasteiger partial charge in [-0.2, -0.15) is 0 Å². The number of phenols is 1. The summed E-state index contributed by atoms with van der Waals surface area (Å²) in [7, 11) is 1.32. The number of benzene rings is 1. The number of rotatable bonds is 1. The zero-order valence-electron chi connectivity index (χ0n) is 6.27. The molecule has 0 unspecified atom stereocenters. The normalized spacial score (nSPS) is 9.92. The standard InChI is InChI=1S/C7H7ClFNO2/c1-12-4-2-3(11)7(10)6(9)5(4)8/h2,11H,10H2,1H3. The van der Waals surface area contributed by atoms with Gasteiger partial charge in [-0.1, -0.05) is 11.6 Å². The van der Waals surface area contributed by atoms with Crippen molar-refractivity contribution >= 4 is 17.3 Å². The average Bonchev–Trinajstić information content (AvgIpc) is 2.08. The average molecular weight is 192 g/mol. The van der Waals surface area contributed by atoms with Crippen LogP contribution < -0.4 is 10.5 Å². The van der Waals surface area contributed by atoms with Gasteiger partial charge in [0.25, 0.3) is 0 Å². The van der Waals surface area contributed by atoms with Gasteiger partial charge in [-0.3, -0.25) is 0 Å². The number of hydrogen-bond donors (Lipinski definition) is 2. The zero-order valence-corrected chi connectivity index (χ0v) is 7.02. The largest absolute Gasteiger partial charge is 0.506 e. The van der Waals surface area contributed by atoms with Crippen LogP contribution in [0.4, 0.5) is 10.1 Å². The van der Waals surface area contributed by atoms with Crippen molar-refractivity contribution in [1.29, 1.82) is 0 Å². The number of hydrogen-bond acceptors (Lipinski definition) is 3. The lowest BCUT2D eigenvalue weighted by atomic mass is 10.2. The fourth-order valence-electron chi connectivity index (χ4n) is 0.753. The number of phenolic OH excluding ortho intramolecular Hbond substituents is 1. The van der Waals surface area contributed by atoms with Crippen molar-refractivity contribution in [1.82, 2.24) is 0 Å². The minimum absolute atomic E-state index is 0.0564. The molecule has 0 radical (unpaired) electrons. The fraction of sp³-hybridized carbons (Fsp3) is 0.143. The van der Waals surface area contributed by atoms with Gasteiger partial charge in [-0.25, -0.2) is 4.39 Å². The van der Waals surface area contributed by atoms with E-state index in [0.29, 0.717) is 0 Å². The molecule has 1 aromatic rings. The summed E-state index contributed by atoms with van der Waals surface area (Å²) >= 11 is 5.48. The maximum Gasteiger partial charge on any atom is 0.172 e. The predicted molar refractivity (Wildman–Crippen MR) is 44.0 cm³/mol. The van der Waals surface area contributed by atoms with Crippen LogP contribution in [0, 0.1) is 5.82 Å². The highest BCUT2D eigenvalue weighted by atomic mass is 35.5. The quantitative estimate of drug-likeness (QED) is 0.526. The third-order valence-corrected chi connectivity index (χ3v) is 1.76. The van der Waals surface area contributed by atoms with E-state index in [1.165, 1.54) is 7.11 Å². The van der Waals surface area contributed by atoms with Gasteiger partial charge in [0.2, 0.25) is 0 Å². The van der Waals surface area contributed by atoms with Crippen molar-refractivity contribution in [3.05, 3.63) is 16.9 Å². The number of aromatic hydroxyl groups is 1. The van der Waals surface area contributed by atoms with Gasteiger partial charge in [-0.15, -0.1) is 0 Å². The molecule has 0 saturated carbocycles. The molecule has 5 heteroatoms. The van der Waals surface area contributed by atoms with Crippen LogP contribution in [0.5, 0.6) is 11.5 Å². The monoisotopic (exact) mass is 191 g/mol. The number of nitrogen functional groups attached to an aromatic ring is 1. The molecular formula is C7H7ClFNO2. The van der Waals surface area contributed by atoms with Crippen molar-refractivity contribution in [3.8, 4) is 11.5 Å². The van der Waals surface area contributed by atoms with Crippen molar-refractivity contribution in [3.63, 3.8) is 0 Å². The molecule has 0 heterocycles. The van der Waals surface area contributed by atoms with Gasteiger partial charge in [0, 0.05) is 6.07 Å². The molecule has 0 fully saturated rings. The van der Waals surface area contributed by atoms with Crippen LogP contribution in [0.1, 0.15) is 0 Å². The molecule has 0 aromatic heterocycles. The molecule has 1 rings (SSSR count). The first-order chi connectivity index (χ1) is 5.57. The number of halogens is 2. The Balaban J connectivity index is 3.39. The van der Waals surface area contributed by atoms with Gasteiger partial charge in [0.15, 0.2) is 5.82 Å². The maximum atomic E-state index is 12.9. The van der Waals surface area contributed by atoms with E-state index in [-0.39, 0.29) is 22.2 Å². The number of ether oxygens (including phenoxy) is 1. The summed E-state index contributed by atoms with van der Waals surface area (Å²) in [6.07, 6.45) is 0. The van der Waals surface area contributed by atoms with Crippen molar-refractivity contribution in [2.24, 2.45) is 0 Å². The smallest absolute Gasteiger partial charge is 0.172 e. The molecule has 3 N–H and O–H groups in total. The third kappa shape index (κ3) is 1.25. The Hall–Kier alpha value is -1.16. The highest BCUT2D eigenvalue weighted by Gasteiger charge is 2.14. The van der Waals surface area contributed by atoms with Crippen LogP contribution in [-0.2, 0) is 0 Å². The number of methoxy groups -OCH3 is 1. The Morgan fingerprint density at radius 3 is 2.75 bits per heavy atom. The van der Waals surface area contributed by atoms with E-state index in [9.17, 15) is 4.39 Å². The van der Waals surface area contributed by atoms with Gasteiger partial charge in [0.05, 0.1) is 7.11 Å². The molecule has 12 heavy (non-hydrogen) atoms. The molecule has 0 aliphatic carbocycles. The van der Waals surface area contributed by atoms with Gasteiger partial charge < -0.3 is 15.6 Å². The molecule has 1 aromatic carbocycles. The van der Waals surface area contributed by atoms with E-state index in [4.69, 9.17) is 22.4 Å². The predicted octanol–water partition coefficient (Wildman–Crippen LogP) is 1.78. The van der Waals surface area contributed by atoms with Gasteiger partial charge in [-0.05, 0) is 0 Å². The minimum Gasteiger partial charge on any atom is -0.506 e. The van der Waals surface area contributed by atoms with E-state index >= 15 is 0 Å². The van der Waals surface area contributed by atoms with E-state index in [1.807, 2.05) is 0 Å². The van der Waals surface area contributed by atoms with Crippen LogP contribution in [0.3, 0.4) is 0 Å². The van der Waals surface area contributed by atoms with Crippen molar-refractivity contribution < 1.29 is 14.2 Å². The highest BCUT2D eigenvalue weighted by molar-refractivity contribution is 6.32. The van der Waals surface area contributed by atoms with Crippen LogP contribution in [0.15, 0.2) is 6.07 Å². The summed E-state index contributed by atoms with van der Waals surface area (Å²) in [5.41, 5.74) is 4.77. The third-order valence-electron chi connectivity index (χ3n) is 1.41. The van der Waals surface area contributed by atoms with Gasteiger partial charge in [0.1, 0.15) is 22.2 Å². The zero-order chi connectivity index (χ0) is 9.30. The van der Waals surface area contributed by atoms with E-state index in [1.54, 1.807) is 0 Å². The lowest BCUT2D eigenvalue weighted by molar-refractivity contribution is 0.404. The topological polar surface area (TPSA) is 55.5 Å². The van der Waals surface area contributed by atoms with Gasteiger partial charge >= 0.3 is 0 Å². The summed E-state index contributed by atoms with van der Waals surface area (Å²) in [5, 5.41) is 8.80. The first-order valence-electron chi connectivity index (χ1n) is 3.08. The van der Waals surface area contributed by atoms with E-state index in [0.717, 1.165) is 6.07 Å². The van der Waals surface area contributed by atoms with Crippen LogP contribution in [-0.4, -0.2) is 12.2 Å². The molecule has 66 valence electrons. The molecule has 3 nitrogen and oxygen atoms in total. The molecule has 0 spiro atoms. The summed E-state index contributed by atoms with van der Waals surface area (Å²) in [6.45, 7) is 0. The SMILES string of the molecule is COc1cc(O)c(N)c(F)c1Cl. The first-order valence-corrected chi connectivity index (χ1v) is 3.46. The molecule has 0 atom stereocenters. The lowest BCUT2D eigenvalue weighted by Crippen LogP contribution is -1.94. The summed E-state index contributed by atoms with van der Waals surface area (Å²) < 4.78 is 17.6.